The standard InChI is InChI=1S/C12H19N3O3/c1-14(2)8-9-18-11-7-5-6-10(13-11)12(16)15(3)17-4/h5-7H,8-9H2,1-4H3. The molecule has 0 aliphatic rings. The monoisotopic (exact) mass is 253 g/mol. The minimum Gasteiger partial charge on any atom is -0.476 e. The van der Waals surface area contributed by atoms with Crippen molar-refractivity contribution >= 4 is 5.91 Å². The lowest BCUT2D eigenvalue weighted by atomic mass is 10.3. The molecule has 0 atom stereocenters. The fourth-order valence-electron chi connectivity index (χ4n) is 1.19. The van der Waals surface area contributed by atoms with Gasteiger partial charge in [0.1, 0.15) is 12.3 Å². The van der Waals surface area contributed by atoms with E-state index in [1.54, 1.807) is 18.2 Å². The SMILES string of the molecule is CON(C)C(=O)c1cccc(OCCN(C)C)n1. The van der Waals surface area contributed by atoms with Crippen LogP contribution in [0.5, 0.6) is 5.88 Å². The zero-order valence-corrected chi connectivity index (χ0v) is 11.2. The van der Waals surface area contributed by atoms with E-state index >= 15 is 0 Å². The molecule has 6 nitrogen and oxygen atoms in total. The predicted octanol–water partition coefficient (Wildman–Crippen LogP) is 0.655. The molecule has 1 heterocycles. The smallest absolute Gasteiger partial charge is 0.295 e. The van der Waals surface area contributed by atoms with Crippen molar-refractivity contribution in [2.75, 3.05) is 41.4 Å². The maximum absolute atomic E-state index is 11.8. The Hall–Kier alpha value is -1.66. The van der Waals surface area contributed by atoms with Gasteiger partial charge in [-0.1, -0.05) is 6.07 Å². The molecule has 0 aliphatic heterocycles. The number of amides is 1. The highest BCUT2D eigenvalue weighted by Crippen LogP contribution is 2.09. The lowest BCUT2D eigenvalue weighted by Crippen LogP contribution is -2.26. The Morgan fingerprint density at radius 1 is 1.33 bits per heavy atom. The summed E-state index contributed by atoms with van der Waals surface area (Å²) in [6, 6.07) is 5.07. The van der Waals surface area contributed by atoms with Crippen LogP contribution in [0.15, 0.2) is 18.2 Å². The van der Waals surface area contributed by atoms with Crippen molar-refractivity contribution in [3.05, 3.63) is 23.9 Å². The van der Waals surface area contributed by atoms with Crippen molar-refractivity contribution in [2.45, 2.75) is 0 Å². The number of ether oxygens (including phenoxy) is 1. The molecule has 1 amide bonds. The van der Waals surface area contributed by atoms with Crippen LogP contribution in [0, 0.1) is 0 Å². The normalized spacial score (nSPS) is 10.5. The summed E-state index contributed by atoms with van der Waals surface area (Å²) in [5, 5.41) is 1.12. The third kappa shape index (κ3) is 4.31. The summed E-state index contributed by atoms with van der Waals surface area (Å²) in [5.41, 5.74) is 0.293. The van der Waals surface area contributed by atoms with Gasteiger partial charge in [-0.15, -0.1) is 0 Å². The molecule has 18 heavy (non-hydrogen) atoms. The van der Waals surface area contributed by atoms with Crippen LogP contribution in [0.25, 0.3) is 0 Å². The second kappa shape index (κ2) is 6.93. The predicted molar refractivity (Wildman–Crippen MR) is 67.4 cm³/mol. The summed E-state index contributed by atoms with van der Waals surface area (Å²) in [4.78, 5) is 22.7. The summed E-state index contributed by atoms with van der Waals surface area (Å²) in [6.45, 7) is 1.32. The first-order valence-corrected chi connectivity index (χ1v) is 5.61. The number of rotatable bonds is 6. The lowest BCUT2D eigenvalue weighted by Gasteiger charge is -2.14. The first-order chi connectivity index (χ1) is 8.54. The van der Waals surface area contributed by atoms with Gasteiger partial charge in [0.15, 0.2) is 0 Å². The number of aromatic nitrogens is 1. The van der Waals surface area contributed by atoms with Crippen molar-refractivity contribution in [1.82, 2.24) is 14.9 Å². The van der Waals surface area contributed by atoms with Crippen molar-refractivity contribution in [1.29, 1.82) is 0 Å². The summed E-state index contributed by atoms with van der Waals surface area (Å²) in [7, 11) is 6.88. The molecule has 0 N–H and O–H groups in total. The molecule has 0 bridgehead atoms. The van der Waals surface area contributed by atoms with Crippen LogP contribution in [0.1, 0.15) is 10.5 Å². The molecule has 1 rings (SSSR count). The van der Waals surface area contributed by atoms with E-state index in [0.29, 0.717) is 18.2 Å². The van der Waals surface area contributed by atoms with E-state index in [2.05, 4.69) is 4.98 Å². The maximum Gasteiger partial charge on any atom is 0.295 e. The molecule has 1 aromatic heterocycles. The van der Waals surface area contributed by atoms with Crippen LogP contribution in [0.4, 0.5) is 0 Å². The third-order valence-corrected chi connectivity index (χ3v) is 2.29. The molecule has 0 aliphatic carbocycles. The Balaban J connectivity index is 2.64. The quantitative estimate of drug-likeness (QED) is 0.697. The summed E-state index contributed by atoms with van der Waals surface area (Å²) in [5.74, 6) is 0.128. The molecular weight excluding hydrogens is 234 g/mol. The highest BCUT2D eigenvalue weighted by molar-refractivity contribution is 5.91. The van der Waals surface area contributed by atoms with Gasteiger partial charge in [0.25, 0.3) is 5.91 Å². The lowest BCUT2D eigenvalue weighted by molar-refractivity contribution is -0.0760. The van der Waals surface area contributed by atoms with Gasteiger partial charge >= 0.3 is 0 Å². The minimum atomic E-state index is -0.310. The van der Waals surface area contributed by atoms with Crippen molar-refractivity contribution in [2.24, 2.45) is 0 Å². The van der Waals surface area contributed by atoms with Crippen molar-refractivity contribution < 1.29 is 14.4 Å². The molecule has 0 spiro atoms. The van der Waals surface area contributed by atoms with Crippen molar-refractivity contribution in [3.63, 3.8) is 0 Å². The Morgan fingerprint density at radius 3 is 2.67 bits per heavy atom. The average Bonchev–Trinajstić information content (AvgIpc) is 2.37. The average molecular weight is 253 g/mol. The summed E-state index contributed by atoms with van der Waals surface area (Å²) < 4.78 is 5.46. The highest BCUT2D eigenvalue weighted by atomic mass is 16.7. The molecule has 0 unspecified atom stereocenters. The van der Waals surface area contributed by atoms with Gasteiger partial charge in [0.05, 0.1) is 7.11 Å². The van der Waals surface area contributed by atoms with Crippen LogP contribution in [-0.4, -0.2) is 62.3 Å². The summed E-state index contributed by atoms with van der Waals surface area (Å²) in [6.07, 6.45) is 0. The summed E-state index contributed by atoms with van der Waals surface area (Å²) >= 11 is 0. The number of nitrogens with zero attached hydrogens (tertiary/aromatic N) is 3. The number of pyridine rings is 1. The van der Waals surface area contributed by atoms with E-state index in [0.717, 1.165) is 11.6 Å². The van der Waals surface area contributed by atoms with E-state index in [4.69, 9.17) is 9.57 Å². The van der Waals surface area contributed by atoms with Crippen LogP contribution >= 0.6 is 0 Å². The van der Waals surface area contributed by atoms with E-state index in [1.807, 2.05) is 19.0 Å². The Kier molecular flexibility index (Phi) is 5.54. The van der Waals surface area contributed by atoms with E-state index < -0.39 is 0 Å². The number of hydroxylamine groups is 2. The van der Waals surface area contributed by atoms with Gasteiger partial charge in [-0.05, 0) is 20.2 Å². The number of hydrogen-bond acceptors (Lipinski definition) is 5. The van der Waals surface area contributed by atoms with E-state index in [9.17, 15) is 4.79 Å². The topological polar surface area (TPSA) is 54.9 Å². The molecule has 0 saturated carbocycles. The first-order valence-electron chi connectivity index (χ1n) is 5.61. The number of hydrogen-bond donors (Lipinski definition) is 0. The zero-order chi connectivity index (χ0) is 13.5. The minimum absolute atomic E-state index is 0.293. The molecule has 0 aromatic carbocycles. The van der Waals surface area contributed by atoms with Crippen LogP contribution in [0.3, 0.4) is 0 Å². The first kappa shape index (κ1) is 14.4. The molecule has 0 saturated heterocycles. The Labute approximate surface area is 107 Å². The van der Waals surface area contributed by atoms with Gasteiger partial charge in [0, 0.05) is 19.7 Å². The Morgan fingerprint density at radius 2 is 2.06 bits per heavy atom. The van der Waals surface area contributed by atoms with Crippen molar-refractivity contribution in [3.8, 4) is 5.88 Å². The molecule has 0 fully saturated rings. The van der Waals surface area contributed by atoms with Crippen LogP contribution < -0.4 is 4.74 Å². The number of likely N-dealkylation sites (N-methyl/N-ethyl adjacent to an activating group) is 1. The maximum atomic E-state index is 11.8. The van der Waals surface area contributed by atoms with E-state index in [-0.39, 0.29) is 5.91 Å². The Bertz CT molecular complexity index is 396. The zero-order valence-electron chi connectivity index (χ0n) is 11.2. The van der Waals surface area contributed by atoms with Gasteiger partial charge < -0.3 is 9.64 Å². The molecule has 6 heteroatoms. The molecule has 100 valence electrons. The molecule has 1 aromatic rings. The van der Waals surface area contributed by atoms with Crippen LogP contribution in [-0.2, 0) is 4.84 Å². The number of carbonyl (C=O) groups excluding carboxylic acids is 1. The van der Waals surface area contributed by atoms with Gasteiger partial charge in [-0.2, -0.15) is 0 Å². The van der Waals surface area contributed by atoms with Gasteiger partial charge in [-0.3, -0.25) is 9.63 Å². The largest absolute Gasteiger partial charge is 0.476 e. The van der Waals surface area contributed by atoms with Crippen LogP contribution in [0.2, 0.25) is 0 Å². The van der Waals surface area contributed by atoms with Gasteiger partial charge in [-0.25, -0.2) is 10.0 Å². The molecular formula is C12H19N3O3. The fourth-order valence-corrected chi connectivity index (χ4v) is 1.19. The van der Waals surface area contributed by atoms with Gasteiger partial charge in [0.2, 0.25) is 5.88 Å². The van der Waals surface area contributed by atoms with E-state index in [1.165, 1.54) is 14.2 Å². The fraction of sp³-hybridized carbons (Fsp3) is 0.500. The third-order valence-electron chi connectivity index (χ3n) is 2.29. The highest BCUT2D eigenvalue weighted by Gasteiger charge is 2.13. The number of carbonyl (C=O) groups is 1. The molecule has 0 radical (unpaired) electrons. The second-order valence-corrected chi connectivity index (χ2v) is 4.00. The second-order valence-electron chi connectivity index (χ2n) is 4.00.